The fourth-order valence-electron chi connectivity index (χ4n) is 0.161. The molecule has 48 valence electrons. The van der Waals surface area contributed by atoms with Crippen LogP contribution in [0.3, 0.4) is 0 Å². The predicted molar refractivity (Wildman–Crippen MR) is 27.6 cm³/mol. The molecule has 0 spiro atoms. The van der Waals surface area contributed by atoms with Gasteiger partial charge in [-0.15, -0.1) is 0 Å². The van der Waals surface area contributed by atoms with Gasteiger partial charge in [-0.2, -0.15) is 0 Å². The lowest BCUT2D eigenvalue weighted by Crippen LogP contribution is -2.22. The van der Waals surface area contributed by atoms with Crippen LogP contribution in [0.1, 0.15) is 6.92 Å². The summed E-state index contributed by atoms with van der Waals surface area (Å²) >= 11 is -2.31. The first-order valence-corrected chi connectivity index (χ1v) is 3.02. The average Bonchev–Trinajstić information content (AvgIpc) is 1.61. The third-order valence-electron chi connectivity index (χ3n) is 0.439. The molecule has 1 N–H and O–H groups in total. The molecule has 0 saturated heterocycles. The van der Waals surface area contributed by atoms with Gasteiger partial charge in [0.25, 0.3) is 0 Å². The number of rotatable bonds is 3. The maximum Gasteiger partial charge on any atom is 0.144 e. The summed E-state index contributed by atoms with van der Waals surface area (Å²) in [5.41, 5.74) is 0. The van der Waals surface area contributed by atoms with Gasteiger partial charge in [-0.25, -0.2) is 4.72 Å². The molecule has 0 aromatic rings. The molecule has 0 aliphatic rings. The lowest BCUT2D eigenvalue weighted by Gasteiger charge is -2.02. The van der Waals surface area contributed by atoms with E-state index in [1.807, 2.05) is 4.72 Å². The van der Waals surface area contributed by atoms with Crippen molar-refractivity contribution in [2.45, 2.75) is 6.92 Å². The molecule has 5 heteroatoms. The van der Waals surface area contributed by atoms with Gasteiger partial charge in [0.1, 0.15) is 5.78 Å². The minimum Gasteiger partial charge on any atom is -0.760 e. The second kappa shape index (κ2) is 3.71. The summed E-state index contributed by atoms with van der Waals surface area (Å²) < 4.78 is 21.2. The number of hydrogen-bond acceptors (Lipinski definition) is 3. The van der Waals surface area contributed by atoms with Gasteiger partial charge in [-0.1, -0.05) is 0 Å². The van der Waals surface area contributed by atoms with Crippen LogP contribution in [0.4, 0.5) is 0 Å². The van der Waals surface area contributed by atoms with Crippen molar-refractivity contribution < 1.29 is 13.6 Å². The summed E-state index contributed by atoms with van der Waals surface area (Å²) in [5, 5.41) is 0. The second-order valence-corrected chi connectivity index (χ2v) is 2.02. The van der Waals surface area contributed by atoms with E-state index in [1.165, 1.54) is 6.92 Å². The topological polar surface area (TPSA) is 69.2 Å². The zero-order valence-corrected chi connectivity index (χ0v) is 5.16. The van der Waals surface area contributed by atoms with E-state index < -0.39 is 11.3 Å². The van der Waals surface area contributed by atoms with Crippen molar-refractivity contribution in [3.05, 3.63) is 0 Å². The quantitative estimate of drug-likeness (QED) is 0.504. The van der Waals surface area contributed by atoms with Crippen molar-refractivity contribution in [2.24, 2.45) is 0 Å². The van der Waals surface area contributed by atoms with Crippen molar-refractivity contribution in [1.29, 1.82) is 0 Å². The van der Waals surface area contributed by atoms with Gasteiger partial charge < -0.3 is 4.55 Å². The summed E-state index contributed by atoms with van der Waals surface area (Å²) in [6.07, 6.45) is 0. The Labute approximate surface area is 49.7 Å². The molecule has 0 radical (unpaired) electrons. The van der Waals surface area contributed by atoms with Crippen molar-refractivity contribution >= 4 is 17.0 Å². The zero-order valence-electron chi connectivity index (χ0n) is 4.34. The Hall–Kier alpha value is -0.260. The number of nitrogens with one attached hydrogen (secondary N) is 1. The fraction of sp³-hybridized carbons (Fsp3) is 0.667. The Morgan fingerprint density at radius 1 is 1.88 bits per heavy atom. The highest BCUT2D eigenvalue weighted by molar-refractivity contribution is 7.77. The predicted octanol–water partition coefficient (Wildman–Crippen LogP) is -1.04. The van der Waals surface area contributed by atoms with E-state index >= 15 is 0 Å². The standard InChI is InChI=1S/C3H7NO3S/c1-3(5)2-4-8(6)7/h4H,2H2,1H3,(H,6,7)/p-1. The molecule has 0 aromatic carbocycles. The molecule has 1 atom stereocenters. The number of Topliss-reactive ketones (excluding diaryl/α,β-unsaturated/α-hetero) is 1. The molecule has 8 heavy (non-hydrogen) atoms. The van der Waals surface area contributed by atoms with Gasteiger partial charge in [0.05, 0.1) is 6.54 Å². The van der Waals surface area contributed by atoms with E-state index in [2.05, 4.69) is 0 Å². The van der Waals surface area contributed by atoms with Gasteiger partial charge in [-0.3, -0.25) is 9.00 Å². The first-order chi connectivity index (χ1) is 3.63. The van der Waals surface area contributed by atoms with Crippen LogP contribution >= 0.6 is 0 Å². The minimum absolute atomic E-state index is 0.115. The highest BCUT2D eigenvalue weighted by Crippen LogP contribution is 1.65. The van der Waals surface area contributed by atoms with E-state index in [4.69, 9.17) is 0 Å². The molecule has 0 fully saturated rings. The molecule has 0 amide bonds. The first-order valence-electron chi connectivity index (χ1n) is 1.95. The summed E-state index contributed by atoms with van der Waals surface area (Å²) in [4.78, 5) is 10.0. The van der Waals surface area contributed by atoms with Crippen LogP contribution in [0.15, 0.2) is 0 Å². The Kier molecular flexibility index (Phi) is 3.59. The average molecular weight is 136 g/mol. The molecule has 0 rings (SSSR count). The SMILES string of the molecule is CC(=O)CNS(=O)[O-]. The zero-order chi connectivity index (χ0) is 6.57. The lowest BCUT2D eigenvalue weighted by atomic mass is 10.5. The molecule has 4 nitrogen and oxygen atoms in total. The maximum atomic E-state index is 10.0. The van der Waals surface area contributed by atoms with Crippen LogP contribution in [0.2, 0.25) is 0 Å². The van der Waals surface area contributed by atoms with Crippen LogP contribution in [-0.2, 0) is 16.1 Å². The minimum atomic E-state index is -2.31. The van der Waals surface area contributed by atoms with E-state index in [0.29, 0.717) is 0 Å². The molecule has 0 saturated carbocycles. The molecule has 0 bridgehead atoms. The fourth-order valence-corrected chi connectivity index (χ4v) is 0.482. The number of carbonyl (C=O) groups is 1. The monoisotopic (exact) mass is 136 g/mol. The first kappa shape index (κ1) is 7.74. The van der Waals surface area contributed by atoms with Crippen LogP contribution in [0.25, 0.3) is 0 Å². The number of ketones is 1. The van der Waals surface area contributed by atoms with Gasteiger partial charge in [0.15, 0.2) is 0 Å². The molecule has 0 aromatic heterocycles. The van der Waals surface area contributed by atoms with Crippen LogP contribution in [0.5, 0.6) is 0 Å². The maximum absolute atomic E-state index is 10.0. The smallest absolute Gasteiger partial charge is 0.144 e. The Bertz CT molecular complexity index is 99.1. The van der Waals surface area contributed by atoms with Crippen molar-refractivity contribution in [3.8, 4) is 0 Å². The van der Waals surface area contributed by atoms with Crippen LogP contribution < -0.4 is 4.72 Å². The van der Waals surface area contributed by atoms with Crippen molar-refractivity contribution in [1.82, 2.24) is 4.72 Å². The summed E-state index contributed by atoms with van der Waals surface area (Å²) in [7, 11) is 0. The van der Waals surface area contributed by atoms with Gasteiger partial charge in [-0.05, 0) is 6.92 Å². The number of hydrogen-bond donors (Lipinski definition) is 1. The van der Waals surface area contributed by atoms with E-state index in [-0.39, 0.29) is 12.3 Å². The molecule has 0 aliphatic carbocycles. The van der Waals surface area contributed by atoms with Crippen molar-refractivity contribution in [3.63, 3.8) is 0 Å². The van der Waals surface area contributed by atoms with Gasteiger partial charge >= 0.3 is 0 Å². The molecule has 1 unspecified atom stereocenters. The molecule has 0 heterocycles. The summed E-state index contributed by atoms with van der Waals surface area (Å²) in [6.45, 7) is 1.19. The lowest BCUT2D eigenvalue weighted by molar-refractivity contribution is -0.115. The second-order valence-electron chi connectivity index (χ2n) is 1.26. The normalized spacial score (nSPS) is 13.2. The number of carbonyl (C=O) groups excluding carboxylic acids is 1. The Morgan fingerprint density at radius 3 is 2.50 bits per heavy atom. The summed E-state index contributed by atoms with van der Waals surface area (Å²) in [5.74, 6) is -0.200. The van der Waals surface area contributed by atoms with Gasteiger partial charge in [0.2, 0.25) is 0 Å². The third kappa shape index (κ3) is 5.74. The Morgan fingerprint density at radius 2 is 2.38 bits per heavy atom. The van der Waals surface area contributed by atoms with Crippen molar-refractivity contribution in [2.75, 3.05) is 6.54 Å². The third-order valence-corrected chi connectivity index (χ3v) is 0.819. The van der Waals surface area contributed by atoms with Crippen LogP contribution in [0, 0.1) is 0 Å². The Balaban J connectivity index is 3.18. The highest BCUT2D eigenvalue weighted by Gasteiger charge is 1.87. The van der Waals surface area contributed by atoms with Crippen LogP contribution in [-0.4, -0.2) is 21.1 Å². The molecule has 0 aliphatic heterocycles. The van der Waals surface area contributed by atoms with Gasteiger partial charge in [0, 0.05) is 11.3 Å². The summed E-state index contributed by atoms with van der Waals surface area (Å²) in [6, 6.07) is 0. The largest absolute Gasteiger partial charge is 0.760 e. The van der Waals surface area contributed by atoms with E-state index in [1.54, 1.807) is 0 Å². The molecular weight excluding hydrogens is 130 g/mol. The molecular formula is C3H6NO3S-. The van der Waals surface area contributed by atoms with E-state index in [0.717, 1.165) is 0 Å². The highest BCUT2D eigenvalue weighted by atomic mass is 32.2. The van der Waals surface area contributed by atoms with E-state index in [9.17, 15) is 13.6 Å².